The first-order valence-corrected chi connectivity index (χ1v) is 7.96. The van der Waals surface area contributed by atoms with Gasteiger partial charge in [0.25, 0.3) is 5.89 Å². The Morgan fingerprint density at radius 3 is 3.20 bits per heavy atom. The molecule has 1 saturated heterocycles. The minimum Gasteiger partial charge on any atom is -0.419 e. The molecule has 1 N–H and O–H groups in total. The van der Waals surface area contributed by atoms with Gasteiger partial charge < -0.3 is 9.52 Å². The Labute approximate surface area is 122 Å². The Morgan fingerprint density at radius 2 is 2.40 bits per heavy atom. The molecule has 5 nitrogen and oxygen atoms in total. The predicted octanol–water partition coefficient (Wildman–Crippen LogP) is 2.54. The zero-order valence-corrected chi connectivity index (χ0v) is 12.2. The number of likely N-dealkylation sites (tertiary alicyclic amines) is 1. The largest absolute Gasteiger partial charge is 0.419 e. The van der Waals surface area contributed by atoms with E-state index in [1.807, 2.05) is 17.5 Å². The van der Waals surface area contributed by atoms with Crippen molar-refractivity contribution < 1.29 is 9.52 Å². The lowest BCUT2D eigenvalue weighted by atomic mass is 10.1. The average molecular weight is 293 g/mol. The number of thiophene rings is 1. The van der Waals surface area contributed by atoms with Gasteiger partial charge in [0, 0.05) is 12.6 Å². The topological polar surface area (TPSA) is 62.4 Å². The highest BCUT2D eigenvalue weighted by Gasteiger charge is 2.25. The lowest BCUT2D eigenvalue weighted by molar-refractivity contribution is 0.196. The van der Waals surface area contributed by atoms with Crippen LogP contribution in [0.1, 0.15) is 31.6 Å². The zero-order valence-electron chi connectivity index (χ0n) is 11.4. The van der Waals surface area contributed by atoms with E-state index in [9.17, 15) is 0 Å². The number of hydrogen-bond donors (Lipinski definition) is 1. The van der Waals surface area contributed by atoms with Crippen molar-refractivity contribution in [3.63, 3.8) is 0 Å². The Morgan fingerprint density at radius 1 is 1.45 bits per heavy atom. The Bertz CT molecular complexity index is 526. The molecule has 0 aromatic carbocycles. The number of aliphatic hydroxyl groups excluding tert-OH is 1. The van der Waals surface area contributed by atoms with Crippen molar-refractivity contribution in [2.24, 2.45) is 0 Å². The number of hydrogen-bond acceptors (Lipinski definition) is 6. The molecular formula is C14H19N3O2S. The quantitative estimate of drug-likeness (QED) is 0.886. The lowest BCUT2D eigenvalue weighted by Crippen LogP contribution is -2.29. The molecule has 108 valence electrons. The zero-order chi connectivity index (χ0) is 13.8. The van der Waals surface area contributed by atoms with Gasteiger partial charge in [-0.1, -0.05) is 6.07 Å². The maximum absolute atomic E-state index is 8.95. The summed E-state index contributed by atoms with van der Waals surface area (Å²) in [5.74, 6) is 1.30. The first-order chi connectivity index (χ1) is 9.86. The number of rotatable bonds is 6. The van der Waals surface area contributed by atoms with E-state index in [0.717, 1.165) is 24.3 Å². The lowest BCUT2D eigenvalue weighted by Gasteiger charge is -2.22. The highest BCUT2D eigenvalue weighted by Crippen LogP contribution is 2.26. The summed E-state index contributed by atoms with van der Waals surface area (Å²) in [6.45, 7) is 2.06. The van der Waals surface area contributed by atoms with Gasteiger partial charge in [-0.2, -0.15) is 0 Å². The summed E-state index contributed by atoms with van der Waals surface area (Å²) < 4.78 is 5.74. The van der Waals surface area contributed by atoms with Crippen LogP contribution in [0.4, 0.5) is 0 Å². The first kappa shape index (κ1) is 13.7. The van der Waals surface area contributed by atoms with Crippen LogP contribution in [0.3, 0.4) is 0 Å². The average Bonchev–Trinajstić information content (AvgIpc) is 3.18. The fourth-order valence-electron chi connectivity index (χ4n) is 2.75. The van der Waals surface area contributed by atoms with Crippen molar-refractivity contribution in [3.8, 4) is 10.8 Å². The van der Waals surface area contributed by atoms with Crippen LogP contribution in [0.5, 0.6) is 0 Å². The van der Waals surface area contributed by atoms with Crippen LogP contribution < -0.4 is 0 Å². The first-order valence-electron chi connectivity index (χ1n) is 7.08. The summed E-state index contributed by atoms with van der Waals surface area (Å²) in [4.78, 5) is 3.41. The molecule has 1 unspecified atom stereocenters. The molecule has 0 radical (unpaired) electrons. The summed E-state index contributed by atoms with van der Waals surface area (Å²) in [7, 11) is 0. The van der Waals surface area contributed by atoms with Gasteiger partial charge in [-0.15, -0.1) is 21.5 Å². The molecule has 1 aliphatic rings. The fourth-order valence-corrected chi connectivity index (χ4v) is 3.39. The van der Waals surface area contributed by atoms with Crippen LogP contribution in [0, 0.1) is 0 Å². The van der Waals surface area contributed by atoms with E-state index >= 15 is 0 Å². The number of aliphatic hydroxyl groups is 1. The van der Waals surface area contributed by atoms with Crippen molar-refractivity contribution in [1.29, 1.82) is 0 Å². The maximum Gasteiger partial charge on any atom is 0.257 e. The van der Waals surface area contributed by atoms with Gasteiger partial charge in [0.15, 0.2) is 0 Å². The highest BCUT2D eigenvalue weighted by atomic mass is 32.1. The molecular weight excluding hydrogens is 274 g/mol. The molecule has 0 bridgehead atoms. The summed E-state index contributed by atoms with van der Waals surface area (Å²) in [5, 5.41) is 19.2. The van der Waals surface area contributed by atoms with Crippen LogP contribution in [-0.2, 0) is 6.54 Å². The molecule has 0 amide bonds. The minimum absolute atomic E-state index is 0.271. The predicted molar refractivity (Wildman–Crippen MR) is 77.4 cm³/mol. The van der Waals surface area contributed by atoms with E-state index in [0.29, 0.717) is 24.4 Å². The van der Waals surface area contributed by atoms with Crippen molar-refractivity contribution >= 4 is 11.3 Å². The van der Waals surface area contributed by atoms with Gasteiger partial charge in [0.2, 0.25) is 5.89 Å². The van der Waals surface area contributed by atoms with E-state index in [2.05, 4.69) is 15.1 Å². The van der Waals surface area contributed by atoms with Gasteiger partial charge in [0.1, 0.15) is 0 Å². The van der Waals surface area contributed by atoms with Crippen LogP contribution in [0.15, 0.2) is 21.9 Å². The molecule has 0 saturated carbocycles. The van der Waals surface area contributed by atoms with Crippen molar-refractivity contribution in [1.82, 2.24) is 15.1 Å². The van der Waals surface area contributed by atoms with E-state index in [4.69, 9.17) is 9.52 Å². The monoisotopic (exact) mass is 293 g/mol. The van der Waals surface area contributed by atoms with E-state index in [1.165, 1.54) is 12.8 Å². The molecule has 3 rings (SSSR count). The molecule has 3 heterocycles. The van der Waals surface area contributed by atoms with Crippen molar-refractivity contribution in [2.75, 3.05) is 13.2 Å². The summed E-state index contributed by atoms with van der Waals surface area (Å²) in [5.41, 5.74) is 0. The molecule has 2 aromatic heterocycles. The van der Waals surface area contributed by atoms with E-state index in [-0.39, 0.29) is 6.61 Å². The molecule has 0 aliphatic carbocycles. The fraction of sp³-hybridized carbons (Fsp3) is 0.571. The smallest absolute Gasteiger partial charge is 0.257 e. The summed E-state index contributed by atoms with van der Waals surface area (Å²) in [6, 6.07) is 4.51. The Hall–Kier alpha value is -1.24. The van der Waals surface area contributed by atoms with Crippen LogP contribution in [0.25, 0.3) is 10.8 Å². The van der Waals surface area contributed by atoms with Crippen LogP contribution in [0.2, 0.25) is 0 Å². The summed E-state index contributed by atoms with van der Waals surface area (Å²) in [6.07, 6.45) is 4.32. The number of aromatic nitrogens is 2. The van der Waals surface area contributed by atoms with Crippen LogP contribution >= 0.6 is 11.3 Å². The normalized spacial score (nSPS) is 19.8. The van der Waals surface area contributed by atoms with Gasteiger partial charge in [-0.3, -0.25) is 4.90 Å². The molecule has 2 aromatic rings. The van der Waals surface area contributed by atoms with Crippen LogP contribution in [-0.4, -0.2) is 39.4 Å². The van der Waals surface area contributed by atoms with Gasteiger partial charge in [-0.25, -0.2) is 0 Å². The molecule has 1 atom stereocenters. The minimum atomic E-state index is 0.271. The molecule has 6 heteroatoms. The van der Waals surface area contributed by atoms with E-state index < -0.39 is 0 Å². The van der Waals surface area contributed by atoms with Gasteiger partial charge >= 0.3 is 0 Å². The van der Waals surface area contributed by atoms with E-state index in [1.54, 1.807) is 11.3 Å². The molecule has 0 spiro atoms. The summed E-state index contributed by atoms with van der Waals surface area (Å²) >= 11 is 1.61. The second-order valence-corrected chi connectivity index (χ2v) is 6.06. The third-order valence-corrected chi connectivity index (χ3v) is 4.59. The van der Waals surface area contributed by atoms with Crippen molar-refractivity contribution in [3.05, 3.63) is 23.4 Å². The third-order valence-electron chi connectivity index (χ3n) is 3.73. The second kappa shape index (κ2) is 6.47. The maximum atomic E-state index is 8.95. The standard InChI is InChI=1S/C14H19N3O2S/c18-8-2-5-11-4-1-7-17(11)10-13-15-16-14(19-13)12-6-3-9-20-12/h3,6,9,11,18H,1-2,4-5,7-8,10H2. The Balaban J connectivity index is 1.62. The third kappa shape index (κ3) is 3.08. The Kier molecular flexibility index (Phi) is 4.44. The molecule has 20 heavy (non-hydrogen) atoms. The molecule has 1 fully saturated rings. The second-order valence-electron chi connectivity index (χ2n) is 5.11. The van der Waals surface area contributed by atoms with Gasteiger partial charge in [-0.05, 0) is 43.7 Å². The highest BCUT2D eigenvalue weighted by molar-refractivity contribution is 7.13. The number of nitrogens with zero attached hydrogens (tertiary/aromatic N) is 3. The molecule has 1 aliphatic heterocycles. The van der Waals surface area contributed by atoms with Gasteiger partial charge in [0.05, 0.1) is 11.4 Å². The van der Waals surface area contributed by atoms with Crippen molar-refractivity contribution in [2.45, 2.75) is 38.3 Å². The SMILES string of the molecule is OCCCC1CCCN1Cc1nnc(-c2cccs2)o1.